The van der Waals surface area contributed by atoms with Crippen molar-refractivity contribution >= 4 is 42.8 Å². The Morgan fingerprint density at radius 3 is 1.51 bits per heavy atom. The summed E-state index contributed by atoms with van der Waals surface area (Å²) in [4.78, 5) is 2.53. The molecular weight excluding hydrogens is 762 g/mol. The van der Waals surface area contributed by atoms with Crippen molar-refractivity contribution in [3.05, 3.63) is 208 Å². The molecule has 1 nitrogen and oxygen atoms in total. The number of nitrogens with zero attached hydrogens (tertiary/aromatic N) is 1. The molecule has 2 aliphatic carbocycles. The van der Waals surface area contributed by atoms with Crippen LogP contribution in [0.15, 0.2) is 164 Å². The van der Waals surface area contributed by atoms with Gasteiger partial charge in [0.1, 0.15) is 0 Å². The monoisotopic (exact) mass is 792 g/mol. The van der Waals surface area contributed by atoms with E-state index in [9.17, 15) is 0 Å². The Kier molecular flexibility index (Phi) is 5.76. The Morgan fingerprint density at radius 2 is 0.894 bits per heavy atom. The van der Waals surface area contributed by atoms with E-state index in [0.29, 0.717) is 0 Å². The van der Waals surface area contributed by atoms with Crippen LogP contribution in [-0.4, -0.2) is 25.8 Å². The zero-order chi connectivity index (χ0) is 31.3. The first-order valence-corrected chi connectivity index (χ1v) is 18.3. The third-order valence-corrected chi connectivity index (χ3v) is 14.0. The Hall–Kier alpha value is -4.74. The number of hydrogen-bond acceptors (Lipinski definition) is 1. The van der Waals surface area contributed by atoms with Crippen molar-refractivity contribution in [3.63, 3.8) is 0 Å². The van der Waals surface area contributed by atoms with Crippen molar-refractivity contribution in [2.24, 2.45) is 0 Å². The van der Waals surface area contributed by atoms with Gasteiger partial charge in [0.15, 0.2) is 0 Å². The molecule has 47 heavy (non-hydrogen) atoms. The van der Waals surface area contributed by atoms with Crippen molar-refractivity contribution in [2.75, 3.05) is 4.90 Å². The second-order valence-corrected chi connectivity index (χ2v) is 16.0. The standard InChI is InChI=1S/C45H30N.Pb/c1-29-23-25-34-35-26-24-31(28-41(35)45(40(34)27-29)38-19-9-5-15-32(38)33-16-6-10-20-39(33)45)46-42-21-11-7-17-36(42)44(30-13-3-2-4-14-30)37-18-8-12-22-43(37)46;/h2-28H,1H3;. The molecule has 1 spiro atoms. The van der Waals surface area contributed by atoms with Crippen LogP contribution in [0.1, 0.15) is 44.5 Å². The van der Waals surface area contributed by atoms with Crippen molar-refractivity contribution in [1.82, 2.24) is 0 Å². The molecule has 1 aliphatic heterocycles. The minimum atomic E-state index is -0.375. The third-order valence-electron chi connectivity index (χ3n) is 10.8. The van der Waals surface area contributed by atoms with Gasteiger partial charge in [-0.25, -0.2) is 0 Å². The average molecular weight is 792 g/mol. The van der Waals surface area contributed by atoms with Gasteiger partial charge in [0.25, 0.3) is 0 Å². The summed E-state index contributed by atoms with van der Waals surface area (Å²) >= 11 is 0.947. The van der Waals surface area contributed by atoms with Crippen molar-refractivity contribution in [1.29, 1.82) is 0 Å². The first-order valence-electron chi connectivity index (χ1n) is 16.4. The molecule has 0 amide bonds. The Labute approximate surface area is 291 Å². The number of fused-ring (bicyclic) bond motifs is 12. The second-order valence-electron chi connectivity index (χ2n) is 13.1. The summed E-state index contributed by atoms with van der Waals surface area (Å²) in [6.45, 7) is 2.23. The van der Waals surface area contributed by atoms with E-state index < -0.39 is 0 Å². The van der Waals surface area contributed by atoms with E-state index in [0.717, 1.165) is 25.8 Å². The molecule has 0 saturated carbocycles. The number of aryl methyl sites for hydroxylation is 1. The summed E-state index contributed by atoms with van der Waals surface area (Å²) < 4.78 is -0.153. The SMILES string of the molecule is Cc1ccc2c(c1)C1(c3ccccc3-c3ccccc31)c1cc(N3c4ccccc4[C]([Pb])(c4ccccc4)c4ccccc43)ccc1-2. The van der Waals surface area contributed by atoms with E-state index in [1.54, 1.807) is 0 Å². The van der Waals surface area contributed by atoms with Crippen LogP contribution in [0.2, 0.25) is 0 Å². The molecule has 0 unspecified atom stereocenters. The van der Waals surface area contributed by atoms with Gasteiger partial charge >= 0.3 is 294 Å². The van der Waals surface area contributed by atoms with Gasteiger partial charge in [-0.2, -0.15) is 0 Å². The van der Waals surface area contributed by atoms with Crippen molar-refractivity contribution < 1.29 is 0 Å². The quantitative estimate of drug-likeness (QED) is 0.158. The molecule has 0 atom stereocenters. The minimum absolute atomic E-state index is 0.153. The molecule has 3 aliphatic rings. The van der Waals surface area contributed by atoms with Crippen LogP contribution in [0.3, 0.4) is 0 Å². The number of para-hydroxylation sites is 2. The van der Waals surface area contributed by atoms with Gasteiger partial charge in [0, 0.05) is 0 Å². The van der Waals surface area contributed by atoms with Crippen LogP contribution < -0.4 is 4.90 Å². The van der Waals surface area contributed by atoms with Gasteiger partial charge in [-0.15, -0.1) is 0 Å². The molecule has 0 fully saturated rings. The maximum atomic E-state index is 2.53. The van der Waals surface area contributed by atoms with Crippen LogP contribution in [0.5, 0.6) is 0 Å². The average Bonchev–Trinajstić information content (AvgIpc) is 3.59. The molecule has 3 radical (unpaired) electrons. The zero-order valence-electron chi connectivity index (χ0n) is 26.0. The number of rotatable bonds is 2. The maximum absolute atomic E-state index is 2.53. The van der Waals surface area contributed by atoms with Gasteiger partial charge < -0.3 is 0 Å². The molecule has 0 aromatic heterocycles. The fraction of sp³-hybridized carbons (Fsp3) is 0.0667. The van der Waals surface area contributed by atoms with Crippen LogP contribution >= 0.6 is 0 Å². The third kappa shape index (κ3) is 3.48. The molecule has 2 heteroatoms. The molecule has 10 rings (SSSR count). The van der Waals surface area contributed by atoms with Gasteiger partial charge in [0.2, 0.25) is 0 Å². The molecule has 0 bridgehead atoms. The van der Waals surface area contributed by atoms with E-state index in [-0.39, 0.29) is 8.39 Å². The molecule has 1 heterocycles. The Morgan fingerprint density at radius 1 is 0.426 bits per heavy atom. The molecule has 7 aromatic carbocycles. The molecular formula is C45H30NPb. The normalized spacial score (nSPS) is 15.3. The fourth-order valence-corrected chi connectivity index (χ4v) is 11.2. The van der Waals surface area contributed by atoms with E-state index in [4.69, 9.17) is 0 Å². The summed E-state index contributed by atoms with van der Waals surface area (Å²) in [6, 6.07) is 61.8. The van der Waals surface area contributed by atoms with Gasteiger partial charge in [0.05, 0.1) is 0 Å². The van der Waals surface area contributed by atoms with Gasteiger partial charge in [-0.1, -0.05) is 0 Å². The predicted octanol–water partition coefficient (Wildman–Crippen LogP) is 10.6. The number of benzene rings is 7. The Bertz CT molecular complexity index is 2310. The first-order chi connectivity index (χ1) is 23.1. The van der Waals surface area contributed by atoms with E-state index >= 15 is 0 Å². The fourth-order valence-electron chi connectivity index (χ4n) is 8.90. The van der Waals surface area contributed by atoms with E-state index in [1.165, 1.54) is 83.8 Å². The second kappa shape index (κ2) is 9.88. The molecule has 219 valence electrons. The zero-order valence-corrected chi connectivity index (χ0v) is 29.9. The Balaban J connectivity index is 1.27. The molecule has 0 saturated heterocycles. The number of hydrogen-bond donors (Lipinski definition) is 0. The van der Waals surface area contributed by atoms with Crippen molar-refractivity contribution in [3.8, 4) is 22.3 Å². The van der Waals surface area contributed by atoms with E-state index in [1.807, 2.05) is 0 Å². The molecule has 0 N–H and O–H groups in total. The van der Waals surface area contributed by atoms with Crippen LogP contribution in [0, 0.1) is 6.92 Å². The van der Waals surface area contributed by atoms with Gasteiger partial charge in [-0.3, -0.25) is 0 Å². The summed E-state index contributed by atoms with van der Waals surface area (Å²) in [5.74, 6) is 0. The topological polar surface area (TPSA) is 3.24 Å². The van der Waals surface area contributed by atoms with Crippen LogP contribution in [0.4, 0.5) is 17.1 Å². The van der Waals surface area contributed by atoms with Crippen LogP contribution in [-0.2, 0) is 8.39 Å². The van der Waals surface area contributed by atoms with E-state index in [2.05, 4.69) is 176 Å². The summed E-state index contributed by atoms with van der Waals surface area (Å²) in [6.07, 6.45) is 0. The van der Waals surface area contributed by atoms with Crippen LogP contribution in [0.25, 0.3) is 22.3 Å². The summed E-state index contributed by atoms with van der Waals surface area (Å²) in [5.41, 5.74) is 19.6. The van der Waals surface area contributed by atoms with Gasteiger partial charge in [-0.05, 0) is 0 Å². The number of anilines is 3. The van der Waals surface area contributed by atoms with Crippen molar-refractivity contribution in [2.45, 2.75) is 15.3 Å². The summed E-state index contributed by atoms with van der Waals surface area (Å²) in [7, 11) is 0. The summed E-state index contributed by atoms with van der Waals surface area (Å²) in [5, 5.41) is 0. The molecule has 7 aromatic rings. The first kappa shape index (κ1) is 27.4. The predicted molar refractivity (Wildman–Crippen MR) is 194 cm³/mol.